The number of hydrogen-bond donors (Lipinski definition) is 0. The lowest BCUT2D eigenvalue weighted by molar-refractivity contribution is -0.167. The molecule has 0 spiro atoms. The van der Waals surface area contributed by atoms with Crippen LogP contribution in [0.1, 0.15) is 252 Å². The van der Waals surface area contributed by atoms with Gasteiger partial charge in [0.1, 0.15) is 13.2 Å². The largest absolute Gasteiger partial charge is 0.462 e. The van der Waals surface area contributed by atoms with Gasteiger partial charge in [-0.1, -0.05) is 246 Å². The third-order valence-corrected chi connectivity index (χ3v) is 11.6. The molecular formula is C61H102O6. The molecule has 0 radical (unpaired) electrons. The Morgan fingerprint density at radius 3 is 1.09 bits per heavy atom. The van der Waals surface area contributed by atoms with Crippen molar-refractivity contribution in [3.8, 4) is 0 Å². The molecule has 6 nitrogen and oxygen atoms in total. The van der Waals surface area contributed by atoms with E-state index in [1.54, 1.807) is 0 Å². The average Bonchev–Trinajstić information content (AvgIpc) is 3.33. The number of ether oxygens (including phenoxy) is 3. The highest BCUT2D eigenvalue weighted by atomic mass is 16.6. The van der Waals surface area contributed by atoms with Crippen molar-refractivity contribution in [3.05, 3.63) is 97.2 Å². The first-order valence-corrected chi connectivity index (χ1v) is 27.8. The fraction of sp³-hybridized carbons (Fsp3) is 0.689. The minimum Gasteiger partial charge on any atom is -0.462 e. The van der Waals surface area contributed by atoms with Crippen LogP contribution in [0.15, 0.2) is 97.2 Å². The van der Waals surface area contributed by atoms with Crippen LogP contribution in [0.3, 0.4) is 0 Å². The molecule has 0 heterocycles. The molecule has 0 aromatic carbocycles. The van der Waals surface area contributed by atoms with Crippen molar-refractivity contribution < 1.29 is 28.6 Å². The van der Waals surface area contributed by atoms with E-state index in [-0.39, 0.29) is 31.1 Å². The Hall–Kier alpha value is -3.67. The van der Waals surface area contributed by atoms with Crippen LogP contribution in [0.4, 0.5) is 0 Å². The Kier molecular flexibility index (Phi) is 51.9. The predicted molar refractivity (Wildman–Crippen MR) is 288 cm³/mol. The van der Waals surface area contributed by atoms with Gasteiger partial charge in [-0.15, -0.1) is 0 Å². The summed E-state index contributed by atoms with van der Waals surface area (Å²) in [5.74, 6) is -0.946. The summed E-state index contributed by atoms with van der Waals surface area (Å²) in [5, 5.41) is 0. The van der Waals surface area contributed by atoms with Gasteiger partial charge in [-0.2, -0.15) is 0 Å². The first-order valence-electron chi connectivity index (χ1n) is 27.8. The molecule has 1 unspecified atom stereocenters. The van der Waals surface area contributed by atoms with Crippen molar-refractivity contribution in [1.29, 1.82) is 0 Å². The van der Waals surface area contributed by atoms with Crippen molar-refractivity contribution in [2.45, 2.75) is 258 Å². The Bertz CT molecular complexity index is 1350. The molecule has 0 fully saturated rings. The molecule has 0 aliphatic rings. The smallest absolute Gasteiger partial charge is 0.306 e. The molecule has 0 aromatic heterocycles. The molecule has 0 aromatic rings. The van der Waals surface area contributed by atoms with Gasteiger partial charge in [0.2, 0.25) is 0 Å². The molecule has 0 N–H and O–H groups in total. The number of allylic oxidation sites excluding steroid dienone is 16. The van der Waals surface area contributed by atoms with Crippen LogP contribution in [-0.2, 0) is 28.6 Å². The number of esters is 3. The summed E-state index contributed by atoms with van der Waals surface area (Å²) >= 11 is 0. The van der Waals surface area contributed by atoms with E-state index in [0.29, 0.717) is 19.3 Å². The lowest BCUT2D eigenvalue weighted by Gasteiger charge is -2.18. The highest BCUT2D eigenvalue weighted by Crippen LogP contribution is 2.16. The number of unbranched alkanes of at least 4 members (excludes halogenated alkanes) is 24. The van der Waals surface area contributed by atoms with Gasteiger partial charge in [0, 0.05) is 19.3 Å². The van der Waals surface area contributed by atoms with Gasteiger partial charge in [-0.3, -0.25) is 14.4 Å². The molecule has 67 heavy (non-hydrogen) atoms. The zero-order chi connectivity index (χ0) is 48.6. The zero-order valence-corrected chi connectivity index (χ0v) is 43.6. The molecule has 0 saturated heterocycles. The van der Waals surface area contributed by atoms with Crippen LogP contribution in [0.2, 0.25) is 0 Å². The molecule has 0 aliphatic carbocycles. The Morgan fingerprint density at radius 2 is 0.657 bits per heavy atom. The third-order valence-electron chi connectivity index (χ3n) is 11.6. The maximum atomic E-state index is 12.8. The van der Waals surface area contributed by atoms with Crippen LogP contribution in [0.5, 0.6) is 0 Å². The van der Waals surface area contributed by atoms with E-state index in [9.17, 15) is 14.4 Å². The van der Waals surface area contributed by atoms with Gasteiger partial charge in [0.25, 0.3) is 0 Å². The summed E-state index contributed by atoms with van der Waals surface area (Å²) in [6.07, 6.45) is 72.5. The summed E-state index contributed by atoms with van der Waals surface area (Å²) in [4.78, 5) is 38.1. The second-order valence-corrected chi connectivity index (χ2v) is 18.1. The highest BCUT2D eigenvalue weighted by Gasteiger charge is 2.19. The number of carbonyl (C=O) groups excluding carboxylic acids is 3. The number of hydrogen-bond acceptors (Lipinski definition) is 6. The van der Waals surface area contributed by atoms with Crippen LogP contribution in [-0.4, -0.2) is 37.2 Å². The molecule has 0 amide bonds. The van der Waals surface area contributed by atoms with Gasteiger partial charge in [-0.05, 0) is 83.5 Å². The fourth-order valence-corrected chi connectivity index (χ4v) is 7.53. The minimum absolute atomic E-state index is 0.0981. The molecule has 6 heteroatoms. The lowest BCUT2D eigenvalue weighted by atomic mass is 10.0. The molecule has 0 saturated carbocycles. The summed E-state index contributed by atoms with van der Waals surface area (Å²) in [7, 11) is 0. The van der Waals surface area contributed by atoms with E-state index in [1.807, 2.05) is 0 Å². The van der Waals surface area contributed by atoms with Crippen LogP contribution in [0, 0.1) is 0 Å². The second kappa shape index (κ2) is 54.9. The molecule has 0 bridgehead atoms. The van der Waals surface area contributed by atoms with Crippen LogP contribution < -0.4 is 0 Å². The maximum Gasteiger partial charge on any atom is 0.306 e. The first kappa shape index (κ1) is 63.3. The van der Waals surface area contributed by atoms with Crippen LogP contribution >= 0.6 is 0 Å². The number of carbonyl (C=O) groups is 3. The van der Waals surface area contributed by atoms with E-state index < -0.39 is 6.10 Å². The second-order valence-electron chi connectivity index (χ2n) is 18.1. The monoisotopic (exact) mass is 931 g/mol. The van der Waals surface area contributed by atoms with Gasteiger partial charge in [0.05, 0.1) is 0 Å². The van der Waals surface area contributed by atoms with E-state index in [4.69, 9.17) is 14.2 Å². The zero-order valence-electron chi connectivity index (χ0n) is 43.6. The summed E-state index contributed by atoms with van der Waals surface area (Å²) in [6.45, 7) is 6.36. The van der Waals surface area contributed by atoms with Crippen molar-refractivity contribution in [1.82, 2.24) is 0 Å². The van der Waals surface area contributed by atoms with Gasteiger partial charge < -0.3 is 14.2 Å². The van der Waals surface area contributed by atoms with E-state index in [2.05, 4.69) is 118 Å². The predicted octanol–water partition coefficient (Wildman–Crippen LogP) is 18.5. The molecule has 0 aliphatic heterocycles. The Labute approximate surface area is 413 Å². The first-order chi connectivity index (χ1) is 33.0. The van der Waals surface area contributed by atoms with E-state index >= 15 is 0 Å². The summed E-state index contributed by atoms with van der Waals surface area (Å²) < 4.78 is 16.8. The maximum absolute atomic E-state index is 12.8. The van der Waals surface area contributed by atoms with E-state index in [0.717, 1.165) is 122 Å². The van der Waals surface area contributed by atoms with Crippen molar-refractivity contribution in [3.63, 3.8) is 0 Å². The lowest BCUT2D eigenvalue weighted by Crippen LogP contribution is -2.30. The third kappa shape index (κ3) is 53.2. The highest BCUT2D eigenvalue weighted by molar-refractivity contribution is 5.71. The standard InChI is InChI=1S/C61H102O6/c1-4-7-10-13-16-19-22-25-27-29-30-32-33-36-39-42-45-48-51-54-60(63)66-57-58(56-65-59(62)53-50-47-44-41-38-35-24-21-18-15-12-9-6-3)67-61(64)55-52-49-46-43-40-37-34-31-28-26-23-20-17-14-11-8-5-2/h7,9-10,12,15-16,18-19,21,24-25,27,30,32,36,39,58H,4-6,8,11,13-14,17,20,22-23,26,28-29,31,33-35,37-38,40-57H2,1-3H3/b10-7+,12-9+,18-15+,19-16+,24-21+,27-25+,32-30+,39-36+. The average molecular weight is 931 g/mol. The van der Waals surface area contributed by atoms with E-state index in [1.165, 1.54) is 89.9 Å². The molecule has 1 atom stereocenters. The Morgan fingerprint density at radius 1 is 0.328 bits per heavy atom. The quantitative estimate of drug-likeness (QED) is 0.0199. The Balaban J connectivity index is 4.45. The van der Waals surface area contributed by atoms with Gasteiger partial charge in [0.15, 0.2) is 6.10 Å². The fourth-order valence-electron chi connectivity index (χ4n) is 7.53. The molecule has 0 rings (SSSR count). The van der Waals surface area contributed by atoms with Gasteiger partial charge in [-0.25, -0.2) is 0 Å². The summed E-state index contributed by atoms with van der Waals surface area (Å²) in [6, 6.07) is 0. The SMILES string of the molecule is CC/C=C/C=C/C=C/CCCCCCCC(=O)OCC(COC(=O)CCCCC/C=C/C/C=C/C/C=C/C/C=C/C/C=C/CC)OC(=O)CCCCCCCCCCCCCCCCCCC. The van der Waals surface area contributed by atoms with Crippen molar-refractivity contribution in [2.75, 3.05) is 13.2 Å². The topological polar surface area (TPSA) is 78.9 Å². The van der Waals surface area contributed by atoms with Crippen LogP contribution in [0.25, 0.3) is 0 Å². The summed E-state index contributed by atoms with van der Waals surface area (Å²) in [5.41, 5.74) is 0. The van der Waals surface area contributed by atoms with Crippen molar-refractivity contribution >= 4 is 17.9 Å². The van der Waals surface area contributed by atoms with Crippen molar-refractivity contribution in [2.24, 2.45) is 0 Å². The molecule has 382 valence electrons. The number of rotatable bonds is 49. The van der Waals surface area contributed by atoms with Gasteiger partial charge >= 0.3 is 17.9 Å². The normalized spacial score (nSPS) is 12.8. The minimum atomic E-state index is -0.799. The molecular weight excluding hydrogens is 829 g/mol.